The van der Waals surface area contributed by atoms with Crippen molar-refractivity contribution in [2.75, 3.05) is 22.9 Å². The van der Waals surface area contributed by atoms with Crippen LogP contribution in [0.2, 0.25) is 0 Å². The molecule has 0 aliphatic heterocycles. The Bertz CT molecular complexity index is 1110. The molecule has 0 aromatic heterocycles. The van der Waals surface area contributed by atoms with Crippen LogP contribution < -0.4 is 22.9 Å². The Morgan fingerprint density at radius 2 is 0.771 bits per heavy atom. The van der Waals surface area contributed by atoms with Gasteiger partial charge in [-0.1, -0.05) is 12.1 Å². The van der Waals surface area contributed by atoms with E-state index in [4.69, 9.17) is 33.1 Å². The normalized spacial score (nSPS) is 12.1. The topological polar surface area (TPSA) is 185 Å². The van der Waals surface area contributed by atoms with E-state index >= 15 is 0 Å². The van der Waals surface area contributed by atoms with E-state index in [2.05, 4.69) is 0 Å². The molecule has 8 nitrogen and oxygen atoms in total. The summed E-state index contributed by atoms with van der Waals surface area (Å²) in [7, 11) is 0. The summed E-state index contributed by atoms with van der Waals surface area (Å²) in [6.07, 6.45) is -11.7. The van der Waals surface area contributed by atoms with Gasteiger partial charge in [0.05, 0.1) is 22.7 Å². The smallest absolute Gasteiger partial charge is 0.411 e. The highest BCUT2D eigenvalue weighted by atomic mass is 19.4. The van der Waals surface area contributed by atoms with Gasteiger partial charge in [-0.25, -0.2) is 0 Å². The number of aromatic hydroxyl groups is 4. The first-order chi connectivity index (χ1) is 15.9. The Morgan fingerprint density at radius 1 is 0.457 bits per heavy atom. The monoisotopic (exact) mass is 506 g/mol. The zero-order valence-electron chi connectivity index (χ0n) is 17.5. The molecule has 12 N–H and O–H groups in total. The van der Waals surface area contributed by atoms with E-state index in [9.17, 15) is 36.6 Å². The molecule has 0 aliphatic rings. The minimum atomic E-state index is -5.85. The quantitative estimate of drug-likeness (QED) is 0.111. The van der Waals surface area contributed by atoms with Gasteiger partial charge in [0.2, 0.25) is 5.41 Å². The molecule has 0 unspecified atom stereocenters. The summed E-state index contributed by atoms with van der Waals surface area (Å²) in [6, 6.07) is 5.48. The van der Waals surface area contributed by atoms with Gasteiger partial charge < -0.3 is 43.4 Å². The minimum absolute atomic E-state index is 0.160. The molecule has 0 atom stereocenters. The number of rotatable bonds is 2. The lowest BCUT2D eigenvalue weighted by molar-refractivity contribution is -0.288. The molecule has 0 radical (unpaired) electrons. The van der Waals surface area contributed by atoms with Crippen LogP contribution in [0, 0.1) is 0 Å². The summed E-state index contributed by atoms with van der Waals surface area (Å²) in [5, 5.41) is 36.8. The fraction of sp³-hybridized carbons (Fsp3) is 0.143. The fourth-order valence-electron chi connectivity index (χ4n) is 3.15. The van der Waals surface area contributed by atoms with Gasteiger partial charge in [-0.3, -0.25) is 0 Å². The molecule has 3 aromatic carbocycles. The summed E-state index contributed by atoms with van der Waals surface area (Å²) in [6.45, 7) is 0. The number of anilines is 4. The van der Waals surface area contributed by atoms with Gasteiger partial charge >= 0.3 is 12.4 Å². The molecular weight excluding hydrogens is 486 g/mol. The van der Waals surface area contributed by atoms with Gasteiger partial charge in [0, 0.05) is 6.07 Å². The molecule has 0 fully saturated rings. The van der Waals surface area contributed by atoms with E-state index in [1.807, 2.05) is 0 Å². The molecular formula is C21H20F6N4O4. The highest BCUT2D eigenvalue weighted by molar-refractivity contribution is 5.66. The minimum Gasteiger partial charge on any atom is -0.506 e. The lowest BCUT2D eigenvalue weighted by atomic mass is 9.72. The van der Waals surface area contributed by atoms with Crippen molar-refractivity contribution in [3.8, 4) is 23.0 Å². The maximum atomic E-state index is 13.8. The molecule has 0 spiro atoms. The van der Waals surface area contributed by atoms with Crippen molar-refractivity contribution in [3.05, 3.63) is 59.7 Å². The van der Waals surface area contributed by atoms with E-state index < -0.39 is 40.4 Å². The van der Waals surface area contributed by atoms with Crippen molar-refractivity contribution in [2.45, 2.75) is 17.8 Å². The average Bonchev–Trinajstić information content (AvgIpc) is 2.71. The first kappa shape index (κ1) is 26.9. The zero-order chi connectivity index (χ0) is 26.9. The Balaban J connectivity index is 0.000000360. The Hall–Kier alpha value is -4.36. The highest BCUT2D eigenvalue weighted by Gasteiger charge is 2.72. The molecule has 14 heteroatoms. The third-order valence-corrected chi connectivity index (χ3v) is 4.95. The summed E-state index contributed by atoms with van der Waals surface area (Å²) in [5.74, 6) is -2.19. The Labute approximate surface area is 193 Å². The van der Waals surface area contributed by atoms with Crippen LogP contribution in [0.5, 0.6) is 23.0 Å². The van der Waals surface area contributed by atoms with Gasteiger partial charge in [-0.15, -0.1) is 0 Å². The highest BCUT2D eigenvalue weighted by Crippen LogP contribution is 2.57. The third kappa shape index (κ3) is 4.95. The number of phenols is 4. The van der Waals surface area contributed by atoms with E-state index in [1.54, 1.807) is 0 Å². The van der Waals surface area contributed by atoms with Gasteiger partial charge in [0.25, 0.3) is 0 Å². The maximum Gasteiger partial charge on any atom is 0.411 e. The first-order valence-electron chi connectivity index (χ1n) is 9.31. The predicted octanol–water partition coefficient (Wildman–Crippen LogP) is 3.94. The first-order valence-corrected chi connectivity index (χ1v) is 9.31. The van der Waals surface area contributed by atoms with E-state index in [1.165, 1.54) is 6.07 Å². The molecule has 0 amide bonds. The Morgan fingerprint density at radius 3 is 1.03 bits per heavy atom. The van der Waals surface area contributed by atoms with Gasteiger partial charge in [0.1, 0.15) is 23.0 Å². The number of hydrogen-bond acceptors (Lipinski definition) is 8. The standard InChI is InChI=1S/C15H12F6N2O2.C6H8N2O2/c16-14(17,18)13(15(19,20)21,7-1-3-9(22)11(24)5-7)8-2-4-10(23)12(25)6-8;7-3-1-4(8)6(10)2-5(3)9/h1-6,24-25H,22-23H2;1-2,9-10H,7-8H2. The fourth-order valence-corrected chi connectivity index (χ4v) is 3.15. The second-order valence-corrected chi connectivity index (χ2v) is 7.26. The van der Waals surface area contributed by atoms with Crippen LogP contribution in [0.1, 0.15) is 11.1 Å². The zero-order valence-corrected chi connectivity index (χ0v) is 17.5. The summed E-state index contributed by atoms with van der Waals surface area (Å²) in [4.78, 5) is 0. The van der Waals surface area contributed by atoms with Crippen LogP contribution in [-0.2, 0) is 5.41 Å². The number of halogens is 6. The van der Waals surface area contributed by atoms with Crippen molar-refractivity contribution < 1.29 is 46.8 Å². The van der Waals surface area contributed by atoms with Crippen LogP contribution in [-0.4, -0.2) is 32.8 Å². The Kier molecular flexibility index (Phi) is 7.00. The molecule has 3 aromatic rings. The molecule has 0 bridgehead atoms. The predicted molar refractivity (Wildman–Crippen MR) is 117 cm³/mol. The second-order valence-electron chi connectivity index (χ2n) is 7.26. The number of benzene rings is 3. The maximum absolute atomic E-state index is 13.8. The average molecular weight is 506 g/mol. The number of phenolic OH excluding ortho intramolecular Hbond substituents is 4. The summed E-state index contributed by atoms with van der Waals surface area (Å²) >= 11 is 0. The van der Waals surface area contributed by atoms with E-state index in [-0.39, 0.29) is 34.2 Å². The van der Waals surface area contributed by atoms with Crippen molar-refractivity contribution in [1.82, 2.24) is 0 Å². The van der Waals surface area contributed by atoms with Crippen LogP contribution >= 0.6 is 0 Å². The number of alkyl halides is 6. The SMILES string of the molecule is Nc1cc(N)c(O)cc1O.Nc1ccc(C(c2ccc(N)c(O)c2)(C(F)(F)F)C(F)(F)F)cc1O. The van der Waals surface area contributed by atoms with Crippen molar-refractivity contribution in [3.63, 3.8) is 0 Å². The number of nitrogen functional groups attached to an aromatic ring is 4. The van der Waals surface area contributed by atoms with Crippen LogP contribution in [0.25, 0.3) is 0 Å². The third-order valence-electron chi connectivity index (χ3n) is 4.95. The van der Waals surface area contributed by atoms with E-state index in [0.717, 1.165) is 18.2 Å². The molecule has 0 heterocycles. The summed E-state index contributed by atoms with van der Waals surface area (Å²) in [5.41, 5.74) is 13.5. The molecule has 0 aliphatic carbocycles. The lowest BCUT2D eigenvalue weighted by Gasteiger charge is -2.38. The largest absolute Gasteiger partial charge is 0.506 e. The number of hydrogen-bond donors (Lipinski definition) is 8. The summed E-state index contributed by atoms with van der Waals surface area (Å²) < 4.78 is 82.6. The molecule has 190 valence electrons. The lowest BCUT2D eigenvalue weighted by Crippen LogP contribution is -2.54. The molecule has 3 rings (SSSR count). The van der Waals surface area contributed by atoms with Gasteiger partial charge in [-0.05, 0) is 41.5 Å². The van der Waals surface area contributed by atoms with Crippen LogP contribution in [0.3, 0.4) is 0 Å². The second kappa shape index (κ2) is 9.12. The van der Waals surface area contributed by atoms with Gasteiger partial charge in [0.15, 0.2) is 0 Å². The molecule has 0 saturated heterocycles. The van der Waals surface area contributed by atoms with Crippen LogP contribution in [0.15, 0.2) is 48.5 Å². The van der Waals surface area contributed by atoms with Crippen LogP contribution in [0.4, 0.5) is 49.1 Å². The van der Waals surface area contributed by atoms with Crippen molar-refractivity contribution in [2.24, 2.45) is 0 Å². The molecule has 35 heavy (non-hydrogen) atoms. The molecule has 0 saturated carbocycles. The number of nitrogens with two attached hydrogens (primary N) is 4. The van der Waals surface area contributed by atoms with Gasteiger partial charge in [-0.2, -0.15) is 26.3 Å². The van der Waals surface area contributed by atoms with Crippen molar-refractivity contribution in [1.29, 1.82) is 0 Å². The van der Waals surface area contributed by atoms with E-state index in [0.29, 0.717) is 24.3 Å². The van der Waals surface area contributed by atoms with Crippen molar-refractivity contribution >= 4 is 22.7 Å².